The second-order valence-corrected chi connectivity index (χ2v) is 11.0. The first-order valence-electron chi connectivity index (χ1n) is 11.3. The Hall–Kier alpha value is -3.39. The van der Waals surface area contributed by atoms with E-state index < -0.39 is 23.6 Å². The number of hydrogen-bond acceptors (Lipinski definition) is 5. The fourth-order valence-corrected chi connectivity index (χ4v) is 4.55. The Morgan fingerprint density at radius 2 is 1.60 bits per heavy atom. The summed E-state index contributed by atoms with van der Waals surface area (Å²) >= 11 is 1.59. The second-order valence-electron chi connectivity index (χ2n) is 9.51. The molecule has 2 rings (SSSR count). The highest BCUT2D eigenvalue weighted by molar-refractivity contribution is 7.12. The molecule has 0 spiro atoms. The summed E-state index contributed by atoms with van der Waals surface area (Å²) in [7, 11) is 0. The summed E-state index contributed by atoms with van der Waals surface area (Å²) in [5, 5.41) is 15.5. The van der Waals surface area contributed by atoms with Gasteiger partial charge in [0.15, 0.2) is 0 Å². The molecule has 0 aliphatic heterocycles. The largest absolute Gasteiger partial charge is 0.478 e. The Morgan fingerprint density at radius 3 is 2.06 bits per heavy atom. The van der Waals surface area contributed by atoms with Gasteiger partial charge in [-0.2, -0.15) is 0 Å². The second kappa shape index (κ2) is 11.4. The van der Waals surface area contributed by atoms with E-state index in [2.05, 4.69) is 10.6 Å². The number of carbonyl (C=O) groups is 3. The van der Waals surface area contributed by atoms with E-state index in [-0.39, 0.29) is 17.7 Å². The van der Waals surface area contributed by atoms with E-state index in [1.807, 2.05) is 19.9 Å². The van der Waals surface area contributed by atoms with Crippen molar-refractivity contribution < 1.29 is 24.2 Å². The van der Waals surface area contributed by atoms with Crippen LogP contribution in [0.5, 0.6) is 0 Å². The van der Waals surface area contributed by atoms with Crippen LogP contribution in [0.3, 0.4) is 0 Å². The number of aryl methyl sites for hydroxylation is 2. The van der Waals surface area contributed by atoms with Gasteiger partial charge >= 0.3 is 12.1 Å². The molecule has 1 heterocycles. The summed E-state index contributed by atoms with van der Waals surface area (Å²) in [5.41, 5.74) is 2.86. The van der Waals surface area contributed by atoms with Crippen molar-refractivity contribution in [2.45, 2.75) is 67.5 Å². The molecule has 0 fully saturated rings. The Balaban J connectivity index is 2.23. The van der Waals surface area contributed by atoms with E-state index >= 15 is 0 Å². The van der Waals surface area contributed by atoms with Crippen LogP contribution in [-0.4, -0.2) is 28.7 Å². The van der Waals surface area contributed by atoms with Crippen molar-refractivity contribution in [3.8, 4) is 0 Å². The van der Waals surface area contributed by atoms with Gasteiger partial charge in [0.2, 0.25) is 0 Å². The smallest absolute Gasteiger partial charge is 0.407 e. The third-order valence-electron chi connectivity index (χ3n) is 5.06. The van der Waals surface area contributed by atoms with Crippen molar-refractivity contribution in [1.29, 1.82) is 0 Å². The molecular formula is C27H34N2O5S. The van der Waals surface area contributed by atoms with Crippen LogP contribution < -0.4 is 10.6 Å². The van der Waals surface area contributed by atoms with Crippen LogP contribution in [-0.2, 0) is 20.9 Å². The van der Waals surface area contributed by atoms with E-state index in [4.69, 9.17) is 4.74 Å². The molecule has 188 valence electrons. The lowest BCUT2D eigenvalue weighted by molar-refractivity contribution is -0.132. The number of rotatable bonds is 7. The summed E-state index contributed by atoms with van der Waals surface area (Å²) in [6.45, 7) is 14.7. The minimum atomic E-state index is -1.15. The number of thiophene rings is 1. The van der Waals surface area contributed by atoms with Gasteiger partial charge in [0.05, 0.1) is 11.1 Å². The number of ether oxygens (including phenoxy) is 1. The molecule has 35 heavy (non-hydrogen) atoms. The number of carboxylic acid groups (broad SMARTS) is 1. The SMILES string of the molecule is CC(C)=C(C(=O)Nc1ccc(CNC(=O)OC(C)(C)C)cc1)/C(C(=O)O)=C(\C)c1cc(C)sc1C. The first kappa shape index (κ1) is 27.9. The normalized spacial score (nSPS) is 11.9. The highest BCUT2D eigenvalue weighted by atomic mass is 32.1. The number of benzene rings is 1. The third-order valence-corrected chi connectivity index (χ3v) is 6.02. The minimum Gasteiger partial charge on any atom is -0.478 e. The lowest BCUT2D eigenvalue weighted by Crippen LogP contribution is -2.32. The van der Waals surface area contributed by atoms with Crippen molar-refractivity contribution >= 4 is 40.6 Å². The summed E-state index contributed by atoms with van der Waals surface area (Å²) in [6, 6.07) is 8.90. The summed E-state index contributed by atoms with van der Waals surface area (Å²) < 4.78 is 5.22. The maximum absolute atomic E-state index is 13.2. The first-order valence-corrected chi connectivity index (χ1v) is 12.1. The number of alkyl carbamates (subject to hydrolysis) is 1. The molecule has 8 heteroatoms. The molecule has 1 aromatic heterocycles. The molecule has 0 radical (unpaired) electrons. The predicted octanol–water partition coefficient (Wildman–Crippen LogP) is 6.22. The fourth-order valence-electron chi connectivity index (χ4n) is 3.57. The van der Waals surface area contributed by atoms with Gasteiger partial charge in [0.1, 0.15) is 5.60 Å². The molecule has 0 unspecified atom stereocenters. The number of carboxylic acids is 1. The Bertz CT molecular complexity index is 1180. The molecule has 0 aliphatic carbocycles. The van der Waals surface area contributed by atoms with E-state index in [1.165, 1.54) is 0 Å². The first-order chi connectivity index (χ1) is 16.2. The van der Waals surface area contributed by atoms with Gasteiger partial charge in [-0.3, -0.25) is 4.79 Å². The summed E-state index contributed by atoms with van der Waals surface area (Å²) in [6.07, 6.45) is -0.512. The Morgan fingerprint density at radius 1 is 1.00 bits per heavy atom. The number of anilines is 1. The zero-order valence-electron chi connectivity index (χ0n) is 21.6. The average Bonchev–Trinajstić information content (AvgIpc) is 3.07. The van der Waals surface area contributed by atoms with Gasteiger partial charge in [-0.15, -0.1) is 11.3 Å². The molecule has 0 atom stereocenters. The molecule has 2 amide bonds. The summed E-state index contributed by atoms with van der Waals surface area (Å²) in [4.78, 5) is 39.4. The van der Waals surface area contributed by atoms with Crippen LogP contribution in [0, 0.1) is 13.8 Å². The molecule has 2 aromatic rings. The predicted molar refractivity (Wildman–Crippen MR) is 141 cm³/mol. The quantitative estimate of drug-likeness (QED) is 0.310. The number of hydrogen-bond donors (Lipinski definition) is 3. The average molecular weight is 499 g/mol. The van der Waals surface area contributed by atoms with Crippen LogP contribution in [0.15, 0.2) is 47.1 Å². The van der Waals surface area contributed by atoms with E-state index in [0.29, 0.717) is 16.8 Å². The van der Waals surface area contributed by atoms with Gasteiger partial charge in [0, 0.05) is 22.0 Å². The van der Waals surface area contributed by atoms with Crippen LogP contribution in [0.1, 0.15) is 62.4 Å². The highest BCUT2D eigenvalue weighted by Gasteiger charge is 2.26. The van der Waals surface area contributed by atoms with Gasteiger partial charge < -0.3 is 20.5 Å². The Kier molecular flexibility index (Phi) is 9.04. The topological polar surface area (TPSA) is 105 Å². The lowest BCUT2D eigenvalue weighted by atomic mass is 9.92. The molecule has 0 aliphatic rings. The number of aliphatic carboxylic acids is 1. The monoisotopic (exact) mass is 498 g/mol. The van der Waals surface area contributed by atoms with E-state index in [0.717, 1.165) is 20.9 Å². The number of nitrogens with one attached hydrogen (secondary N) is 2. The van der Waals surface area contributed by atoms with Crippen molar-refractivity contribution in [3.63, 3.8) is 0 Å². The number of carbonyl (C=O) groups excluding carboxylic acids is 2. The molecule has 7 nitrogen and oxygen atoms in total. The number of amides is 2. The molecule has 0 saturated heterocycles. The maximum Gasteiger partial charge on any atom is 0.407 e. The van der Waals surface area contributed by atoms with E-state index in [1.54, 1.807) is 77.1 Å². The molecular weight excluding hydrogens is 464 g/mol. The standard InChI is InChI=1S/C27H34N2O5S/c1-15(2)22(23(25(31)32)17(4)21-13-16(3)35-18(21)5)24(30)29-20-11-9-19(10-12-20)14-28-26(33)34-27(6,7)8/h9-13H,14H2,1-8H3,(H,28,33)(H,29,30)(H,31,32)/b23-17-. The maximum atomic E-state index is 13.2. The summed E-state index contributed by atoms with van der Waals surface area (Å²) in [5.74, 6) is -1.65. The highest BCUT2D eigenvalue weighted by Crippen LogP contribution is 2.32. The zero-order valence-corrected chi connectivity index (χ0v) is 22.4. The van der Waals surface area contributed by atoms with Crippen LogP contribution in [0.2, 0.25) is 0 Å². The van der Waals surface area contributed by atoms with Gasteiger partial charge in [-0.1, -0.05) is 17.7 Å². The van der Waals surface area contributed by atoms with Crippen LogP contribution in [0.4, 0.5) is 10.5 Å². The van der Waals surface area contributed by atoms with Crippen molar-refractivity contribution in [3.05, 3.63) is 67.9 Å². The zero-order chi connectivity index (χ0) is 26.5. The molecule has 0 bridgehead atoms. The van der Waals surface area contributed by atoms with Crippen LogP contribution in [0.25, 0.3) is 5.57 Å². The third kappa shape index (κ3) is 7.82. The lowest BCUT2D eigenvalue weighted by Gasteiger charge is -2.19. The van der Waals surface area contributed by atoms with Crippen molar-refractivity contribution in [1.82, 2.24) is 5.32 Å². The van der Waals surface area contributed by atoms with Crippen LogP contribution >= 0.6 is 11.3 Å². The minimum absolute atomic E-state index is 0.0124. The molecule has 1 aromatic carbocycles. The Labute approximate surface area is 210 Å². The van der Waals surface area contributed by atoms with Gasteiger partial charge in [-0.25, -0.2) is 9.59 Å². The fraction of sp³-hybridized carbons (Fsp3) is 0.370. The molecule has 0 saturated carbocycles. The number of allylic oxidation sites excluding steroid dienone is 2. The van der Waals surface area contributed by atoms with E-state index in [9.17, 15) is 19.5 Å². The van der Waals surface area contributed by atoms with Crippen molar-refractivity contribution in [2.24, 2.45) is 0 Å². The van der Waals surface area contributed by atoms with Gasteiger partial charge in [0.25, 0.3) is 5.91 Å². The molecule has 3 N–H and O–H groups in total. The van der Waals surface area contributed by atoms with Crippen molar-refractivity contribution in [2.75, 3.05) is 5.32 Å². The van der Waals surface area contributed by atoms with Gasteiger partial charge in [-0.05, 0) is 90.3 Å².